The van der Waals surface area contributed by atoms with E-state index in [1.165, 1.54) is 4.68 Å². The van der Waals surface area contributed by atoms with E-state index >= 15 is 0 Å². The molecule has 0 aliphatic rings. The first-order chi connectivity index (χ1) is 8.88. The highest BCUT2D eigenvalue weighted by molar-refractivity contribution is 5.59. The van der Waals surface area contributed by atoms with E-state index in [9.17, 15) is 13.2 Å². The van der Waals surface area contributed by atoms with E-state index < -0.39 is 18.7 Å². The van der Waals surface area contributed by atoms with E-state index in [2.05, 4.69) is 5.10 Å². The molecule has 0 radical (unpaired) electrons. The van der Waals surface area contributed by atoms with Crippen LogP contribution in [0.25, 0.3) is 11.3 Å². The van der Waals surface area contributed by atoms with Crippen LogP contribution in [0.2, 0.25) is 0 Å². The molecular formula is C13H13F3N2O. The Bertz CT molecular complexity index is 549. The van der Waals surface area contributed by atoms with Crippen LogP contribution in [-0.2, 0) is 13.5 Å². The van der Waals surface area contributed by atoms with E-state index in [-0.39, 0.29) is 0 Å². The van der Waals surface area contributed by atoms with Gasteiger partial charge in [-0.25, -0.2) is 0 Å². The quantitative estimate of drug-likeness (QED) is 0.930. The van der Waals surface area contributed by atoms with Crippen LogP contribution in [0.4, 0.5) is 13.2 Å². The Morgan fingerprint density at radius 3 is 2.47 bits per heavy atom. The fraction of sp³-hybridized carbons (Fsp3) is 0.308. The van der Waals surface area contributed by atoms with E-state index in [0.29, 0.717) is 11.4 Å². The van der Waals surface area contributed by atoms with Gasteiger partial charge in [0.05, 0.1) is 5.69 Å². The van der Waals surface area contributed by atoms with E-state index in [4.69, 9.17) is 5.11 Å². The third-order valence-corrected chi connectivity index (χ3v) is 2.83. The van der Waals surface area contributed by atoms with Gasteiger partial charge in [-0.2, -0.15) is 18.3 Å². The number of nitrogens with zero attached hydrogens (tertiary/aromatic N) is 2. The van der Waals surface area contributed by atoms with Gasteiger partial charge in [0.2, 0.25) is 0 Å². The number of hydrogen-bond acceptors (Lipinski definition) is 2. The van der Waals surface area contributed by atoms with Crippen LogP contribution >= 0.6 is 0 Å². The van der Waals surface area contributed by atoms with Gasteiger partial charge in [0.15, 0.2) is 6.10 Å². The maximum Gasteiger partial charge on any atom is 0.414 e. The lowest BCUT2D eigenvalue weighted by Crippen LogP contribution is -2.31. The predicted octanol–water partition coefficient (Wildman–Crippen LogP) is 2.55. The molecule has 3 nitrogen and oxygen atoms in total. The van der Waals surface area contributed by atoms with Crippen LogP contribution in [0.1, 0.15) is 5.69 Å². The minimum atomic E-state index is -4.61. The fourth-order valence-electron chi connectivity index (χ4n) is 1.76. The standard InChI is InChI=1S/C13H13F3N2O/c1-18-10(8-12(19)13(14,15)16)7-11(17-18)9-5-3-2-4-6-9/h2-7,12,19H,8H2,1H3. The molecule has 0 amide bonds. The van der Waals surface area contributed by atoms with E-state index in [0.717, 1.165) is 5.56 Å². The minimum absolute atomic E-state index is 0.337. The zero-order valence-electron chi connectivity index (χ0n) is 10.2. The number of alkyl halides is 3. The Morgan fingerprint density at radius 2 is 1.89 bits per heavy atom. The number of halogens is 3. The van der Waals surface area contributed by atoms with Gasteiger partial charge in [-0.3, -0.25) is 4.68 Å². The van der Waals surface area contributed by atoms with Crippen molar-refractivity contribution in [3.05, 3.63) is 42.1 Å². The van der Waals surface area contributed by atoms with Crippen LogP contribution in [0, 0.1) is 0 Å². The first-order valence-electron chi connectivity index (χ1n) is 5.71. The zero-order chi connectivity index (χ0) is 14.0. The zero-order valence-corrected chi connectivity index (χ0v) is 10.2. The molecule has 1 aromatic carbocycles. The second-order valence-corrected chi connectivity index (χ2v) is 4.27. The molecule has 102 valence electrons. The summed E-state index contributed by atoms with van der Waals surface area (Å²) in [7, 11) is 1.56. The van der Waals surface area contributed by atoms with Crippen molar-refractivity contribution in [1.29, 1.82) is 0 Å². The molecule has 0 saturated heterocycles. The molecule has 0 spiro atoms. The first-order valence-corrected chi connectivity index (χ1v) is 5.71. The number of rotatable bonds is 3. The van der Waals surface area contributed by atoms with Gasteiger partial charge in [0.25, 0.3) is 0 Å². The van der Waals surface area contributed by atoms with Gasteiger partial charge in [-0.15, -0.1) is 0 Å². The molecule has 6 heteroatoms. The van der Waals surface area contributed by atoms with Gasteiger partial charge in [0, 0.05) is 24.7 Å². The van der Waals surface area contributed by atoms with E-state index in [1.807, 2.05) is 30.3 Å². The summed E-state index contributed by atoms with van der Waals surface area (Å²) >= 11 is 0. The molecule has 1 aromatic heterocycles. The van der Waals surface area contributed by atoms with Gasteiger partial charge >= 0.3 is 6.18 Å². The molecular weight excluding hydrogens is 257 g/mol. The number of hydrogen-bond donors (Lipinski definition) is 1. The SMILES string of the molecule is Cn1nc(-c2ccccc2)cc1CC(O)C(F)(F)F. The van der Waals surface area contributed by atoms with Gasteiger partial charge < -0.3 is 5.11 Å². The van der Waals surface area contributed by atoms with Crippen LogP contribution in [-0.4, -0.2) is 27.2 Å². The summed E-state index contributed by atoms with van der Waals surface area (Å²) in [6, 6.07) is 10.7. The van der Waals surface area contributed by atoms with Crippen molar-refractivity contribution in [3.63, 3.8) is 0 Å². The summed E-state index contributed by atoms with van der Waals surface area (Å²) < 4.78 is 38.3. The monoisotopic (exact) mass is 270 g/mol. The minimum Gasteiger partial charge on any atom is -0.383 e. The molecule has 19 heavy (non-hydrogen) atoms. The molecule has 0 fully saturated rings. The molecule has 0 aliphatic carbocycles. The summed E-state index contributed by atoms with van der Waals surface area (Å²) in [6.07, 6.45) is -7.48. The molecule has 2 rings (SSSR count). The number of benzene rings is 1. The van der Waals surface area contributed by atoms with Crippen molar-refractivity contribution >= 4 is 0 Å². The molecule has 1 N–H and O–H groups in total. The summed E-state index contributed by atoms with van der Waals surface area (Å²) in [5.74, 6) is 0. The largest absolute Gasteiger partial charge is 0.414 e. The molecule has 1 heterocycles. The molecule has 0 saturated carbocycles. The summed E-state index contributed by atoms with van der Waals surface area (Å²) in [5, 5.41) is 13.2. The van der Waals surface area contributed by atoms with Crippen molar-refractivity contribution in [2.45, 2.75) is 18.7 Å². The molecule has 0 bridgehead atoms. The van der Waals surface area contributed by atoms with Crippen LogP contribution in [0.5, 0.6) is 0 Å². The number of aliphatic hydroxyl groups is 1. The third kappa shape index (κ3) is 3.14. The lowest BCUT2D eigenvalue weighted by molar-refractivity contribution is -0.203. The van der Waals surface area contributed by atoms with Gasteiger partial charge in [0.1, 0.15) is 0 Å². The Kier molecular flexibility index (Phi) is 3.61. The lowest BCUT2D eigenvalue weighted by Gasteiger charge is -2.13. The number of aryl methyl sites for hydroxylation is 1. The van der Waals surface area contributed by atoms with Crippen LogP contribution < -0.4 is 0 Å². The van der Waals surface area contributed by atoms with Crippen molar-refractivity contribution in [2.75, 3.05) is 0 Å². The highest BCUT2D eigenvalue weighted by atomic mass is 19.4. The maximum absolute atomic E-state index is 12.3. The highest BCUT2D eigenvalue weighted by Gasteiger charge is 2.38. The second kappa shape index (κ2) is 5.05. The van der Waals surface area contributed by atoms with Crippen molar-refractivity contribution in [2.24, 2.45) is 7.05 Å². The number of aromatic nitrogens is 2. The topological polar surface area (TPSA) is 38.0 Å². The normalized spacial score (nSPS) is 13.5. The van der Waals surface area contributed by atoms with Crippen molar-refractivity contribution in [3.8, 4) is 11.3 Å². The molecule has 1 unspecified atom stereocenters. The Labute approximate surface area is 108 Å². The molecule has 1 atom stereocenters. The third-order valence-electron chi connectivity index (χ3n) is 2.83. The second-order valence-electron chi connectivity index (χ2n) is 4.27. The Balaban J connectivity index is 2.23. The van der Waals surface area contributed by atoms with Crippen molar-refractivity contribution in [1.82, 2.24) is 9.78 Å². The summed E-state index contributed by atoms with van der Waals surface area (Å²) in [4.78, 5) is 0. The lowest BCUT2D eigenvalue weighted by atomic mass is 10.1. The Hall–Kier alpha value is -1.82. The van der Waals surface area contributed by atoms with Crippen molar-refractivity contribution < 1.29 is 18.3 Å². The number of aliphatic hydroxyl groups excluding tert-OH is 1. The van der Waals surface area contributed by atoms with Crippen LogP contribution in [0.15, 0.2) is 36.4 Å². The summed E-state index contributed by atoms with van der Waals surface area (Å²) in [6.45, 7) is 0. The first kappa shape index (κ1) is 13.6. The Morgan fingerprint density at radius 1 is 1.26 bits per heavy atom. The average Bonchev–Trinajstić information content (AvgIpc) is 2.71. The molecule has 0 aliphatic heterocycles. The average molecular weight is 270 g/mol. The highest BCUT2D eigenvalue weighted by Crippen LogP contribution is 2.25. The van der Waals surface area contributed by atoms with E-state index in [1.54, 1.807) is 13.1 Å². The predicted molar refractivity (Wildman–Crippen MR) is 64.4 cm³/mol. The van der Waals surface area contributed by atoms with Gasteiger partial charge in [-0.1, -0.05) is 30.3 Å². The fourth-order valence-corrected chi connectivity index (χ4v) is 1.76. The maximum atomic E-state index is 12.3. The smallest absolute Gasteiger partial charge is 0.383 e. The molecule has 2 aromatic rings. The van der Waals surface area contributed by atoms with Gasteiger partial charge in [-0.05, 0) is 6.07 Å². The van der Waals surface area contributed by atoms with Crippen LogP contribution in [0.3, 0.4) is 0 Å². The summed E-state index contributed by atoms with van der Waals surface area (Å²) in [5.41, 5.74) is 1.75.